The van der Waals surface area contributed by atoms with Gasteiger partial charge in [0.05, 0.1) is 7.11 Å². The summed E-state index contributed by atoms with van der Waals surface area (Å²) in [6, 6.07) is 4.66. The molecular weight excluding hydrogens is 298 g/mol. The van der Waals surface area contributed by atoms with Crippen LogP contribution in [0, 0.1) is 0 Å². The molecule has 1 aromatic carbocycles. The Bertz CT molecular complexity index is 421. The number of carbonyl (C=O) groups is 1. The molecule has 18 heavy (non-hydrogen) atoms. The molecule has 0 aromatic heterocycles. The van der Waals surface area contributed by atoms with Gasteiger partial charge in [0.15, 0.2) is 11.5 Å². The molecule has 100 valence electrons. The summed E-state index contributed by atoms with van der Waals surface area (Å²) in [5.74, 6) is 0.231. The van der Waals surface area contributed by atoms with Crippen LogP contribution in [0.2, 0.25) is 0 Å². The lowest BCUT2D eigenvalue weighted by molar-refractivity contribution is 0.0793. The van der Waals surface area contributed by atoms with E-state index in [9.17, 15) is 9.90 Å². The van der Waals surface area contributed by atoms with E-state index in [0.717, 1.165) is 6.42 Å². The van der Waals surface area contributed by atoms with E-state index >= 15 is 0 Å². The van der Waals surface area contributed by atoms with Gasteiger partial charge in [0.25, 0.3) is 5.91 Å². The Morgan fingerprint density at radius 1 is 1.56 bits per heavy atom. The van der Waals surface area contributed by atoms with Crippen molar-refractivity contribution in [2.45, 2.75) is 18.2 Å². The first-order valence-electron chi connectivity index (χ1n) is 5.72. The summed E-state index contributed by atoms with van der Waals surface area (Å²) in [5, 5.41) is 9.64. The Morgan fingerprint density at radius 2 is 2.22 bits per heavy atom. The number of alkyl halides is 1. The average molecular weight is 316 g/mol. The van der Waals surface area contributed by atoms with Gasteiger partial charge in [0.1, 0.15) is 0 Å². The SMILES string of the molecule is COc1ccc(C(=O)N(C)CCC(C)Br)cc1O. The van der Waals surface area contributed by atoms with Gasteiger partial charge in [-0.3, -0.25) is 4.79 Å². The van der Waals surface area contributed by atoms with Crippen LogP contribution in [0.15, 0.2) is 18.2 Å². The van der Waals surface area contributed by atoms with Crippen molar-refractivity contribution in [1.82, 2.24) is 4.90 Å². The highest BCUT2D eigenvalue weighted by atomic mass is 79.9. The van der Waals surface area contributed by atoms with E-state index in [1.807, 2.05) is 6.92 Å². The lowest BCUT2D eigenvalue weighted by atomic mass is 10.1. The van der Waals surface area contributed by atoms with Crippen molar-refractivity contribution in [2.24, 2.45) is 0 Å². The molecule has 0 aliphatic carbocycles. The van der Waals surface area contributed by atoms with Gasteiger partial charge in [-0.1, -0.05) is 22.9 Å². The number of hydrogen-bond acceptors (Lipinski definition) is 3. The van der Waals surface area contributed by atoms with E-state index in [2.05, 4.69) is 15.9 Å². The van der Waals surface area contributed by atoms with Crippen LogP contribution in [-0.4, -0.2) is 41.4 Å². The van der Waals surface area contributed by atoms with Crippen LogP contribution in [0.1, 0.15) is 23.7 Å². The summed E-state index contributed by atoms with van der Waals surface area (Å²) in [5.41, 5.74) is 0.457. The summed E-state index contributed by atoms with van der Waals surface area (Å²) in [6.07, 6.45) is 0.879. The Labute approximate surface area is 116 Å². The van der Waals surface area contributed by atoms with Crippen LogP contribution in [0.3, 0.4) is 0 Å². The molecule has 1 rings (SSSR count). The highest BCUT2D eigenvalue weighted by Crippen LogP contribution is 2.26. The number of hydrogen-bond donors (Lipinski definition) is 1. The van der Waals surface area contributed by atoms with Crippen LogP contribution in [0.5, 0.6) is 11.5 Å². The minimum Gasteiger partial charge on any atom is -0.504 e. The molecule has 1 aromatic rings. The summed E-state index contributed by atoms with van der Waals surface area (Å²) in [6.45, 7) is 2.70. The number of phenolic OH excluding ortho intramolecular Hbond substituents is 1. The van der Waals surface area contributed by atoms with Gasteiger partial charge in [-0.05, 0) is 24.6 Å². The lowest BCUT2D eigenvalue weighted by Crippen LogP contribution is -2.28. The standard InChI is InChI=1S/C13H18BrNO3/c1-9(14)6-7-15(2)13(17)10-4-5-12(18-3)11(16)8-10/h4-5,8-9,16H,6-7H2,1-3H3. The first-order chi connectivity index (χ1) is 8.45. The van der Waals surface area contributed by atoms with Crippen molar-refractivity contribution in [3.63, 3.8) is 0 Å². The minimum atomic E-state index is -0.110. The Balaban J connectivity index is 2.74. The smallest absolute Gasteiger partial charge is 0.253 e. The molecule has 4 nitrogen and oxygen atoms in total. The molecule has 0 saturated carbocycles. The van der Waals surface area contributed by atoms with E-state index in [4.69, 9.17) is 4.74 Å². The minimum absolute atomic E-state index is 0.0226. The Hall–Kier alpha value is -1.23. The molecule has 0 heterocycles. The molecule has 1 N–H and O–H groups in total. The number of carbonyl (C=O) groups excluding carboxylic acids is 1. The number of aromatic hydroxyl groups is 1. The topological polar surface area (TPSA) is 49.8 Å². The fraction of sp³-hybridized carbons (Fsp3) is 0.462. The molecule has 0 bridgehead atoms. The second-order valence-corrected chi connectivity index (χ2v) is 5.75. The zero-order valence-corrected chi connectivity index (χ0v) is 12.4. The molecule has 1 atom stereocenters. The van der Waals surface area contributed by atoms with Crippen LogP contribution in [0.4, 0.5) is 0 Å². The predicted molar refractivity (Wildman–Crippen MR) is 74.6 cm³/mol. The van der Waals surface area contributed by atoms with Crippen molar-refractivity contribution in [2.75, 3.05) is 20.7 Å². The third-order valence-electron chi connectivity index (χ3n) is 2.63. The number of benzene rings is 1. The Morgan fingerprint density at radius 3 is 2.72 bits per heavy atom. The predicted octanol–water partition coefficient (Wildman–Crippen LogP) is 2.65. The number of ether oxygens (including phenoxy) is 1. The first kappa shape index (κ1) is 14.8. The van der Waals surface area contributed by atoms with Gasteiger partial charge >= 0.3 is 0 Å². The second kappa shape index (κ2) is 6.64. The van der Waals surface area contributed by atoms with Crippen molar-refractivity contribution in [3.05, 3.63) is 23.8 Å². The monoisotopic (exact) mass is 315 g/mol. The van der Waals surface area contributed by atoms with Gasteiger partial charge in [0, 0.05) is 24.0 Å². The molecular formula is C13H18BrNO3. The van der Waals surface area contributed by atoms with Gasteiger partial charge in [0.2, 0.25) is 0 Å². The van der Waals surface area contributed by atoms with Crippen molar-refractivity contribution < 1.29 is 14.6 Å². The first-order valence-corrected chi connectivity index (χ1v) is 6.63. The fourth-order valence-electron chi connectivity index (χ4n) is 1.52. The maximum atomic E-state index is 12.1. The van der Waals surface area contributed by atoms with Gasteiger partial charge in [-0.15, -0.1) is 0 Å². The molecule has 0 radical (unpaired) electrons. The number of rotatable bonds is 5. The number of amides is 1. The largest absolute Gasteiger partial charge is 0.504 e. The number of nitrogens with zero attached hydrogens (tertiary/aromatic N) is 1. The summed E-state index contributed by atoms with van der Waals surface area (Å²) < 4.78 is 4.94. The molecule has 5 heteroatoms. The fourth-order valence-corrected chi connectivity index (χ4v) is 1.72. The lowest BCUT2D eigenvalue weighted by Gasteiger charge is -2.18. The molecule has 0 aliphatic rings. The van der Waals surface area contributed by atoms with Crippen LogP contribution in [0.25, 0.3) is 0 Å². The van der Waals surface area contributed by atoms with Crippen molar-refractivity contribution in [3.8, 4) is 11.5 Å². The zero-order valence-electron chi connectivity index (χ0n) is 10.8. The third-order valence-corrected chi connectivity index (χ3v) is 3.09. The van der Waals surface area contributed by atoms with Crippen LogP contribution < -0.4 is 4.74 Å². The highest BCUT2D eigenvalue weighted by Gasteiger charge is 2.14. The molecule has 1 unspecified atom stereocenters. The molecule has 0 saturated heterocycles. The molecule has 0 aliphatic heterocycles. The van der Waals surface area contributed by atoms with Gasteiger partial charge in [-0.2, -0.15) is 0 Å². The highest BCUT2D eigenvalue weighted by molar-refractivity contribution is 9.09. The van der Waals surface area contributed by atoms with Crippen LogP contribution in [-0.2, 0) is 0 Å². The van der Waals surface area contributed by atoms with Crippen molar-refractivity contribution >= 4 is 21.8 Å². The molecule has 0 spiro atoms. The average Bonchev–Trinajstić information content (AvgIpc) is 2.34. The zero-order chi connectivity index (χ0) is 13.7. The summed E-state index contributed by atoms with van der Waals surface area (Å²) in [4.78, 5) is 14.1. The summed E-state index contributed by atoms with van der Waals surface area (Å²) in [7, 11) is 3.22. The third kappa shape index (κ3) is 3.91. The second-order valence-electron chi connectivity index (χ2n) is 4.18. The van der Waals surface area contributed by atoms with Crippen molar-refractivity contribution in [1.29, 1.82) is 0 Å². The van der Waals surface area contributed by atoms with Gasteiger partial charge in [-0.25, -0.2) is 0 Å². The van der Waals surface area contributed by atoms with Crippen LogP contribution >= 0.6 is 15.9 Å². The normalized spacial score (nSPS) is 12.0. The number of methoxy groups -OCH3 is 1. The Kier molecular flexibility index (Phi) is 5.47. The van der Waals surface area contributed by atoms with E-state index in [0.29, 0.717) is 22.7 Å². The maximum Gasteiger partial charge on any atom is 0.253 e. The quantitative estimate of drug-likeness (QED) is 0.850. The van der Waals surface area contributed by atoms with E-state index < -0.39 is 0 Å². The van der Waals surface area contributed by atoms with E-state index in [1.165, 1.54) is 13.2 Å². The number of phenols is 1. The molecule has 0 fully saturated rings. The van der Waals surface area contributed by atoms with E-state index in [1.54, 1.807) is 24.1 Å². The molecule has 1 amide bonds. The van der Waals surface area contributed by atoms with E-state index in [-0.39, 0.29) is 11.7 Å². The number of halogens is 1. The summed E-state index contributed by atoms with van der Waals surface area (Å²) >= 11 is 3.44. The maximum absolute atomic E-state index is 12.1. The van der Waals surface area contributed by atoms with Gasteiger partial charge < -0.3 is 14.7 Å².